The van der Waals surface area contributed by atoms with Crippen molar-refractivity contribution in [1.29, 1.82) is 0 Å². The number of nitrogens with one attached hydrogen (secondary N) is 1. The van der Waals surface area contributed by atoms with E-state index in [0.29, 0.717) is 29.3 Å². The second-order valence-electron chi connectivity index (χ2n) is 11.3. The summed E-state index contributed by atoms with van der Waals surface area (Å²) < 4.78 is 80.8. The lowest BCUT2D eigenvalue weighted by atomic mass is 9.84. The number of alkyl halides is 6. The van der Waals surface area contributed by atoms with Crippen molar-refractivity contribution < 1.29 is 50.9 Å². The molecule has 0 aromatic heterocycles. The minimum atomic E-state index is -5.06. The molecule has 0 saturated heterocycles. The number of hydrogen-bond acceptors (Lipinski definition) is 4. The molecule has 0 bridgehead atoms. The van der Waals surface area contributed by atoms with Crippen LogP contribution in [-0.2, 0) is 34.9 Å². The number of carboxylic acids is 1. The van der Waals surface area contributed by atoms with Gasteiger partial charge < -0.3 is 20.4 Å². The maximum atomic E-state index is 13.6. The third-order valence-corrected chi connectivity index (χ3v) is 7.88. The van der Waals surface area contributed by atoms with Gasteiger partial charge in [-0.2, -0.15) is 26.3 Å². The highest BCUT2D eigenvalue weighted by Crippen LogP contribution is 2.37. The van der Waals surface area contributed by atoms with Crippen LogP contribution in [0.1, 0.15) is 76.2 Å². The molecule has 0 aliphatic heterocycles. The number of aliphatic hydroxyl groups is 1. The van der Waals surface area contributed by atoms with Crippen LogP contribution in [-0.4, -0.2) is 40.6 Å². The number of rotatable bonds is 10. The zero-order valence-electron chi connectivity index (χ0n) is 24.5. The molecule has 4 rings (SSSR count). The molecule has 3 aromatic rings. The Balaban J connectivity index is 1.61. The lowest BCUT2D eigenvalue weighted by molar-refractivity contribution is -0.146. The van der Waals surface area contributed by atoms with E-state index >= 15 is 0 Å². The maximum absolute atomic E-state index is 13.6. The van der Waals surface area contributed by atoms with E-state index in [2.05, 4.69) is 5.32 Å². The Morgan fingerprint density at radius 2 is 1.37 bits per heavy atom. The highest BCUT2D eigenvalue weighted by atomic mass is 19.4. The number of carbonyl (C=O) groups is 3. The van der Waals surface area contributed by atoms with Gasteiger partial charge in [0.05, 0.1) is 30.6 Å². The highest BCUT2D eigenvalue weighted by molar-refractivity contribution is 5.95. The average molecular weight is 651 g/mol. The van der Waals surface area contributed by atoms with Crippen molar-refractivity contribution >= 4 is 23.5 Å². The molecule has 2 amide bonds. The number of carboxylic acid groups (broad SMARTS) is 1. The molecule has 1 fully saturated rings. The van der Waals surface area contributed by atoms with Crippen LogP contribution in [0.2, 0.25) is 0 Å². The van der Waals surface area contributed by atoms with Crippen molar-refractivity contribution in [3.05, 3.63) is 100 Å². The van der Waals surface area contributed by atoms with Crippen LogP contribution in [0.4, 0.5) is 32.0 Å². The first-order chi connectivity index (χ1) is 21.6. The molecule has 0 heterocycles. The van der Waals surface area contributed by atoms with Crippen molar-refractivity contribution in [2.75, 3.05) is 11.4 Å². The maximum Gasteiger partial charge on any atom is 0.416 e. The van der Waals surface area contributed by atoms with Gasteiger partial charge in [0.2, 0.25) is 5.91 Å². The molecule has 1 aliphatic carbocycles. The van der Waals surface area contributed by atoms with Crippen molar-refractivity contribution in [2.24, 2.45) is 0 Å². The van der Waals surface area contributed by atoms with Crippen LogP contribution in [0.15, 0.2) is 66.7 Å². The summed E-state index contributed by atoms with van der Waals surface area (Å²) in [7, 11) is 0. The van der Waals surface area contributed by atoms with E-state index in [-0.39, 0.29) is 18.2 Å². The molecule has 46 heavy (non-hydrogen) atoms. The minimum absolute atomic E-state index is 0.00973. The quantitative estimate of drug-likeness (QED) is 0.211. The first-order valence-electron chi connectivity index (χ1n) is 14.6. The summed E-state index contributed by atoms with van der Waals surface area (Å²) in [4.78, 5) is 38.0. The number of anilines is 1. The van der Waals surface area contributed by atoms with Crippen LogP contribution >= 0.6 is 0 Å². The van der Waals surface area contributed by atoms with Crippen molar-refractivity contribution in [1.82, 2.24) is 5.32 Å². The summed E-state index contributed by atoms with van der Waals surface area (Å²) in [5.74, 6) is -2.56. The number of benzene rings is 3. The molecule has 0 spiro atoms. The second kappa shape index (κ2) is 14.4. The van der Waals surface area contributed by atoms with Gasteiger partial charge in [-0.25, -0.2) is 4.79 Å². The Morgan fingerprint density at radius 1 is 0.804 bits per heavy atom. The SMILES string of the molecule is O=C(NCC(O)C(=O)O)c1ccc(CN(C(=O)Cc2cc(C(F)(F)F)cc(C(F)(F)F)c2)c2ccc(C3CCCCC3)cc2)cc1. The first-order valence-corrected chi connectivity index (χ1v) is 14.6. The van der Waals surface area contributed by atoms with E-state index in [4.69, 9.17) is 5.11 Å². The number of aliphatic carboxylic acids is 1. The lowest BCUT2D eigenvalue weighted by Crippen LogP contribution is -2.36. The first kappa shape index (κ1) is 34.5. The second-order valence-corrected chi connectivity index (χ2v) is 11.3. The van der Waals surface area contributed by atoms with Gasteiger partial charge in [-0.3, -0.25) is 9.59 Å². The van der Waals surface area contributed by atoms with Crippen LogP contribution in [0.3, 0.4) is 0 Å². The number of amides is 2. The summed E-state index contributed by atoms with van der Waals surface area (Å²) in [6.45, 7) is -0.646. The summed E-state index contributed by atoms with van der Waals surface area (Å²) in [6.07, 6.45) is -7.26. The number of halogens is 6. The summed E-state index contributed by atoms with van der Waals surface area (Å²) in [5.41, 5.74) is -1.40. The molecule has 1 aliphatic rings. The predicted octanol–water partition coefficient (Wildman–Crippen LogP) is 6.72. The van der Waals surface area contributed by atoms with E-state index in [0.717, 1.165) is 37.7 Å². The number of carbonyl (C=O) groups excluding carboxylic acids is 2. The van der Waals surface area contributed by atoms with E-state index in [1.165, 1.54) is 29.2 Å². The number of nitrogens with zero attached hydrogens (tertiary/aromatic N) is 1. The number of hydrogen-bond donors (Lipinski definition) is 3. The Hall–Kier alpha value is -4.39. The molecule has 0 radical (unpaired) electrons. The third-order valence-electron chi connectivity index (χ3n) is 7.88. The van der Waals surface area contributed by atoms with E-state index in [1.54, 1.807) is 12.1 Å². The summed E-state index contributed by atoms with van der Waals surface area (Å²) >= 11 is 0. The number of aliphatic hydroxyl groups excluding tert-OH is 1. The largest absolute Gasteiger partial charge is 0.479 e. The van der Waals surface area contributed by atoms with Gasteiger partial charge in [-0.1, -0.05) is 43.5 Å². The van der Waals surface area contributed by atoms with E-state index in [1.807, 2.05) is 12.1 Å². The predicted molar refractivity (Wildman–Crippen MR) is 156 cm³/mol. The zero-order chi connectivity index (χ0) is 33.6. The van der Waals surface area contributed by atoms with Gasteiger partial charge in [-0.15, -0.1) is 0 Å². The van der Waals surface area contributed by atoms with E-state index < -0.39 is 65.9 Å². The Morgan fingerprint density at radius 3 is 1.89 bits per heavy atom. The fraction of sp³-hybridized carbons (Fsp3) is 0.364. The summed E-state index contributed by atoms with van der Waals surface area (Å²) in [5, 5.41) is 20.4. The Labute approximate surface area is 260 Å². The minimum Gasteiger partial charge on any atom is -0.479 e. The summed E-state index contributed by atoms with van der Waals surface area (Å²) in [6, 6.07) is 14.0. The van der Waals surface area contributed by atoms with Gasteiger partial charge in [0.1, 0.15) is 0 Å². The van der Waals surface area contributed by atoms with Crippen LogP contribution in [0, 0.1) is 0 Å². The van der Waals surface area contributed by atoms with Crippen molar-refractivity contribution in [3.63, 3.8) is 0 Å². The Bertz CT molecular complexity index is 1500. The van der Waals surface area contributed by atoms with Gasteiger partial charge in [0, 0.05) is 11.3 Å². The molecule has 1 atom stereocenters. The van der Waals surface area contributed by atoms with Crippen molar-refractivity contribution in [2.45, 2.75) is 69.4 Å². The molecule has 1 saturated carbocycles. The lowest BCUT2D eigenvalue weighted by Gasteiger charge is -2.26. The molecule has 246 valence electrons. The van der Waals surface area contributed by atoms with Crippen LogP contribution in [0.25, 0.3) is 0 Å². The van der Waals surface area contributed by atoms with Crippen molar-refractivity contribution in [3.8, 4) is 0 Å². The van der Waals surface area contributed by atoms with Gasteiger partial charge in [-0.05, 0) is 77.9 Å². The van der Waals surface area contributed by atoms with Gasteiger partial charge in [0.25, 0.3) is 5.91 Å². The normalized spacial score (nSPS) is 14.8. The zero-order valence-corrected chi connectivity index (χ0v) is 24.5. The smallest absolute Gasteiger partial charge is 0.416 e. The fourth-order valence-electron chi connectivity index (χ4n) is 5.40. The molecular formula is C33H32F6N2O5. The highest BCUT2D eigenvalue weighted by Gasteiger charge is 2.37. The van der Waals surface area contributed by atoms with Crippen LogP contribution in [0.5, 0.6) is 0 Å². The topological polar surface area (TPSA) is 107 Å². The standard InChI is InChI=1S/C33H32F6N2O5/c34-32(35,36)25-14-21(15-26(17-25)33(37,38)39)16-29(43)41(27-12-10-23(11-13-27)22-4-2-1-3-5-22)19-20-6-8-24(9-7-20)30(44)40-18-28(42)31(45)46/h6-15,17,22,28,42H,1-5,16,18-19H2,(H,40,44)(H,45,46). The van der Waals surface area contributed by atoms with Gasteiger partial charge >= 0.3 is 18.3 Å². The average Bonchev–Trinajstić information content (AvgIpc) is 3.02. The molecule has 3 aromatic carbocycles. The third kappa shape index (κ3) is 9.09. The molecule has 1 unspecified atom stereocenters. The fourth-order valence-corrected chi connectivity index (χ4v) is 5.40. The molecule has 13 heteroatoms. The molecule has 3 N–H and O–H groups in total. The monoisotopic (exact) mass is 650 g/mol. The Kier molecular flexibility index (Phi) is 10.8. The van der Waals surface area contributed by atoms with Gasteiger partial charge in [0.15, 0.2) is 6.10 Å². The molecular weight excluding hydrogens is 618 g/mol. The molecule has 7 nitrogen and oxygen atoms in total. The van der Waals surface area contributed by atoms with E-state index in [9.17, 15) is 45.8 Å². The van der Waals surface area contributed by atoms with Crippen LogP contribution < -0.4 is 10.2 Å².